The molecule has 0 saturated carbocycles. The summed E-state index contributed by atoms with van der Waals surface area (Å²) in [6.07, 6.45) is 0. The number of nitrogens with zero attached hydrogens (tertiary/aromatic N) is 4. The molecule has 2 heterocycles. The first kappa shape index (κ1) is 18.5. The zero-order valence-corrected chi connectivity index (χ0v) is 15.1. The molecule has 7 nitrogen and oxygen atoms in total. The van der Waals surface area contributed by atoms with Crippen molar-refractivity contribution in [2.75, 3.05) is 38.2 Å². The Bertz CT molecular complexity index is 916. The Kier molecular flexibility index (Phi) is 5.05. The molecule has 0 bridgehead atoms. The third-order valence-corrected chi connectivity index (χ3v) is 6.00. The SMILES string of the molecule is COc1cc(N2CCN(S(=O)(=O)c3ccc(F)c(F)c3)CC2)nc(C)n1. The van der Waals surface area contributed by atoms with Gasteiger partial charge in [0.15, 0.2) is 11.6 Å². The minimum absolute atomic E-state index is 0.201. The van der Waals surface area contributed by atoms with Crippen LogP contribution < -0.4 is 9.64 Å². The number of hydrogen-bond donors (Lipinski definition) is 0. The summed E-state index contributed by atoms with van der Waals surface area (Å²) >= 11 is 0. The van der Waals surface area contributed by atoms with Gasteiger partial charge in [-0.3, -0.25) is 0 Å². The maximum absolute atomic E-state index is 13.4. The van der Waals surface area contributed by atoms with Crippen molar-refractivity contribution in [3.05, 3.63) is 41.7 Å². The highest BCUT2D eigenvalue weighted by Gasteiger charge is 2.29. The van der Waals surface area contributed by atoms with E-state index in [1.807, 2.05) is 4.90 Å². The summed E-state index contributed by atoms with van der Waals surface area (Å²) in [5.41, 5.74) is 0. The van der Waals surface area contributed by atoms with Crippen LogP contribution in [0.2, 0.25) is 0 Å². The molecule has 1 saturated heterocycles. The molecule has 2 aromatic rings. The summed E-state index contributed by atoms with van der Waals surface area (Å²) in [6, 6.07) is 4.27. The van der Waals surface area contributed by atoms with Gasteiger partial charge in [-0.1, -0.05) is 0 Å². The van der Waals surface area contributed by atoms with Crippen LogP contribution in [0.15, 0.2) is 29.2 Å². The van der Waals surface area contributed by atoms with E-state index in [1.54, 1.807) is 13.0 Å². The van der Waals surface area contributed by atoms with Gasteiger partial charge in [-0.25, -0.2) is 22.2 Å². The minimum atomic E-state index is -3.89. The first-order valence-corrected chi connectivity index (χ1v) is 9.35. The van der Waals surface area contributed by atoms with Crippen LogP contribution in [0.3, 0.4) is 0 Å². The van der Waals surface area contributed by atoms with Crippen molar-refractivity contribution in [2.24, 2.45) is 0 Å². The first-order chi connectivity index (χ1) is 12.3. The third-order valence-electron chi connectivity index (χ3n) is 4.10. The van der Waals surface area contributed by atoms with E-state index in [4.69, 9.17) is 4.74 Å². The molecular formula is C16H18F2N4O3S. The lowest BCUT2D eigenvalue weighted by atomic mass is 10.3. The van der Waals surface area contributed by atoms with Crippen molar-refractivity contribution >= 4 is 15.8 Å². The Morgan fingerprint density at radius 2 is 1.73 bits per heavy atom. The molecule has 0 N–H and O–H groups in total. The molecule has 140 valence electrons. The molecule has 1 aliphatic rings. The highest BCUT2D eigenvalue weighted by atomic mass is 32.2. The monoisotopic (exact) mass is 384 g/mol. The average Bonchev–Trinajstić information content (AvgIpc) is 2.63. The zero-order chi connectivity index (χ0) is 18.9. The summed E-state index contributed by atoms with van der Waals surface area (Å²) in [6.45, 7) is 2.96. The molecule has 0 atom stereocenters. The highest BCUT2D eigenvalue weighted by Crippen LogP contribution is 2.23. The molecule has 1 aromatic heterocycles. The Labute approximate surface area is 150 Å². The van der Waals surface area contributed by atoms with Crippen LogP contribution in [-0.4, -0.2) is 56.0 Å². The summed E-state index contributed by atoms with van der Waals surface area (Å²) < 4.78 is 58.1. The Hall–Kier alpha value is -2.33. The van der Waals surface area contributed by atoms with Gasteiger partial charge < -0.3 is 9.64 Å². The van der Waals surface area contributed by atoms with Crippen molar-refractivity contribution < 1.29 is 21.9 Å². The lowest BCUT2D eigenvalue weighted by Gasteiger charge is -2.34. The minimum Gasteiger partial charge on any atom is -0.481 e. The van der Waals surface area contributed by atoms with Crippen LogP contribution in [-0.2, 0) is 10.0 Å². The molecule has 1 aromatic carbocycles. The van der Waals surface area contributed by atoms with Crippen LogP contribution in [0.4, 0.5) is 14.6 Å². The summed E-state index contributed by atoms with van der Waals surface area (Å²) in [5, 5.41) is 0. The van der Waals surface area contributed by atoms with E-state index in [2.05, 4.69) is 9.97 Å². The predicted octanol–water partition coefficient (Wildman–Crippen LogP) is 1.58. The van der Waals surface area contributed by atoms with Crippen LogP contribution in [0.1, 0.15) is 5.82 Å². The molecule has 0 radical (unpaired) electrons. The maximum Gasteiger partial charge on any atom is 0.243 e. The molecular weight excluding hydrogens is 366 g/mol. The van der Waals surface area contributed by atoms with Crippen LogP contribution in [0, 0.1) is 18.6 Å². The molecule has 1 fully saturated rings. The second kappa shape index (κ2) is 7.12. The molecule has 10 heteroatoms. The number of aromatic nitrogens is 2. The number of sulfonamides is 1. The standard InChI is InChI=1S/C16H18F2N4O3S/c1-11-19-15(10-16(20-11)25-2)21-5-7-22(8-6-21)26(23,24)12-3-4-13(17)14(18)9-12/h3-4,9-10H,5-8H2,1-2H3. The normalized spacial score (nSPS) is 15.9. The van der Waals surface area contributed by atoms with Gasteiger partial charge in [0.25, 0.3) is 0 Å². The second-order valence-corrected chi connectivity index (χ2v) is 7.72. The number of anilines is 1. The fourth-order valence-corrected chi connectivity index (χ4v) is 4.17. The Morgan fingerprint density at radius 1 is 1.04 bits per heavy atom. The van der Waals surface area contributed by atoms with Gasteiger partial charge in [-0.15, -0.1) is 0 Å². The van der Waals surface area contributed by atoms with Crippen LogP contribution in [0.25, 0.3) is 0 Å². The Morgan fingerprint density at radius 3 is 2.35 bits per heavy atom. The quantitative estimate of drug-likeness (QED) is 0.797. The number of halogens is 2. The summed E-state index contributed by atoms with van der Waals surface area (Å²) in [7, 11) is -2.37. The smallest absolute Gasteiger partial charge is 0.243 e. The van der Waals surface area contributed by atoms with Gasteiger partial charge in [0.1, 0.15) is 11.6 Å². The molecule has 26 heavy (non-hydrogen) atoms. The van der Waals surface area contributed by atoms with E-state index in [1.165, 1.54) is 11.4 Å². The molecule has 1 aliphatic heterocycles. The molecule has 3 rings (SSSR count). The fraction of sp³-hybridized carbons (Fsp3) is 0.375. The predicted molar refractivity (Wildman–Crippen MR) is 90.7 cm³/mol. The van der Waals surface area contributed by atoms with Gasteiger partial charge in [-0.2, -0.15) is 9.29 Å². The van der Waals surface area contributed by atoms with E-state index < -0.39 is 21.7 Å². The lowest BCUT2D eigenvalue weighted by Crippen LogP contribution is -2.49. The van der Waals surface area contributed by atoms with E-state index >= 15 is 0 Å². The largest absolute Gasteiger partial charge is 0.481 e. The van der Waals surface area contributed by atoms with E-state index in [9.17, 15) is 17.2 Å². The van der Waals surface area contributed by atoms with Gasteiger partial charge in [0, 0.05) is 32.2 Å². The number of rotatable bonds is 4. The van der Waals surface area contributed by atoms with Gasteiger partial charge >= 0.3 is 0 Å². The molecule has 0 aliphatic carbocycles. The number of aryl methyl sites for hydroxylation is 1. The maximum atomic E-state index is 13.4. The third kappa shape index (κ3) is 3.61. The van der Waals surface area contributed by atoms with E-state index in [0.717, 1.165) is 12.1 Å². The van der Waals surface area contributed by atoms with Crippen molar-refractivity contribution in [3.63, 3.8) is 0 Å². The Balaban J connectivity index is 1.75. The van der Waals surface area contributed by atoms with Crippen molar-refractivity contribution in [2.45, 2.75) is 11.8 Å². The van der Waals surface area contributed by atoms with Crippen LogP contribution in [0.5, 0.6) is 5.88 Å². The van der Waals surface area contributed by atoms with Crippen LogP contribution >= 0.6 is 0 Å². The van der Waals surface area contributed by atoms with Gasteiger partial charge in [-0.05, 0) is 25.1 Å². The van der Waals surface area contributed by atoms with Crippen molar-refractivity contribution in [1.29, 1.82) is 0 Å². The van der Waals surface area contributed by atoms with Gasteiger partial charge in [0.2, 0.25) is 15.9 Å². The zero-order valence-electron chi connectivity index (χ0n) is 14.3. The number of hydrogen-bond acceptors (Lipinski definition) is 6. The fourth-order valence-electron chi connectivity index (χ4n) is 2.74. The van der Waals surface area contributed by atoms with E-state index in [-0.39, 0.29) is 18.0 Å². The van der Waals surface area contributed by atoms with Gasteiger partial charge in [0.05, 0.1) is 12.0 Å². The molecule has 0 spiro atoms. The summed E-state index contributed by atoms with van der Waals surface area (Å²) in [4.78, 5) is 10.1. The number of ether oxygens (including phenoxy) is 1. The van der Waals surface area contributed by atoms with Crippen molar-refractivity contribution in [1.82, 2.24) is 14.3 Å². The number of methoxy groups -OCH3 is 1. The topological polar surface area (TPSA) is 75.6 Å². The first-order valence-electron chi connectivity index (χ1n) is 7.91. The number of piperazine rings is 1. The highest BCUT2D eigenvalue weighted by molar-refractivity contribution is 7.89. The number of benzene rings is 1. The molecule has 0 unspecified atom stereocenters. The summed E-state index contributed by atoms with van der Waals surface area (Å²) in [5.74, 6) is -0.630. The molecule has 0 amide bonds. The van der Waals surface area contributed by atoms with E-state index in [0.29, 0.717) is 36.7 Å². The second-order valence-electron chi connectivity index (χ2n) is 5.78. The van der Waals surface area contributed by atoms with Crippen molar-refractivity contribution in [3.8, 4) is 5.88 Å². The lowest BCUT2D eigenvalue weighted by molar-refractivity contribution is 0.379. The average molecular weight is 384 g/mol.